The zero-order chi connectivity index (χ0) is 17.2. The van der Waals surface area contributed by atoms with Crippen molar-refractivity contribution < 1.29 is 9.66 Å². The quantitative estimate of drug-likeness (QED) is 0.627. The van der Waals surface area contributed by atoms with Crippen molar-refractivity contribution in [3.8, 4) is 0 Å². The number of benzene rings is 1. The third-order valence-corrected chi connectivity index (χ3v) is 4.91. The summed E-state index contributed by atoms with van der Waals surface area (Å²) in [6.07, 6.45) is 1.66. The summed E-state index contributed by atoms with van der Waals surface area (Å²) in [6.45, 7) is 3.74. The first kappa shape index (κ1) is 16.0. The third kappa shape index (κ3) is 3.20. The van der Waals surface area contributed by atoms with Gasteiger partial charge in [0.1, 0.15) is 0 Å². The summed E-state index contributed by atoms with van der Waals surface area (Å²) >= 11 is 0. The largest absolute Gasteiger partial charge is 0.373 e. The highest BCUT2D eigenvalue weighted by atomic mass is 16.6. The zero-order valence-electron chi connectivity index (χ0n) is 13.8. The summed E-state index contributed by atoms with van der Waals surface area (Å²) in [5.41, 5.74) is 1.32. The first-order chi connectivity index (χ1) is 12.2. The lowest BCUT2D eigenvalue weighted by Gasteiger charge is -2.36. The Morgan fingerprint density at radius 3 is 2.84 bits per heavy atom. The van der Waals surface area contributed by atoms with Crippen LogP contribution in [0, 0.1) is 10.1 Å². The topological polar surface area (TPSA) is 71.7 Å². The molecule has 7 nitrogen and oxygen atoms in total. The minimum atomic E-state index is -0.368. The number of hydrogen-bond donors (Lipinski definition) is 0. The fourth-order valence-corrected chi connectivity index (χ4v) is 3.72. The van der Waals surface area contributed by atoms with Crippen LogP contribution in [0.1, 0.15) is 5.56 Å². The van der Waals surface area contributed by atoms with Gasteiger partial charge in [0.05, 0.1) is 23.7 Å². The van der Waals surface area contributed by atoms with E-state index in [9.17, 15) is 10.1 Å². The van der Waals surface area contributed by atoms with Gasteiger partial charge in [-0.1, -0.05) is 30.3 Å². The summed E-state index contributed by atoms with van der Waals surface area (Å²) in [4.78, 5) is 19.6. The van der Waals surface area contributed by atoms with Gasteiger partial charge in [0.25, 0.3) is 0 Å². The number of ether oxygens (including phenoxy) is 1. The zero-order valence-corrected chi connectivity index (χ0v) is 13.8. The van der Waals surface area contributed by atoms with Gasteiger partial charge in [0.15, 0.2) is 0 Å². The van der Waals surface area contributed by atoms with E-state index in [1.807, 2.05) is 23.1 Å². The third-order valence-electron chi connectivity index (χ3n) is 4.91. The molecule has 0 saturated carbocycles. The molecule has 0 unspecified atom stereocenters. The lowest BCUT2D eigenvalue weighted by atomic mass is 10.1. The van der Waals surface area contributed by atoms with Crippen molar-refractivity contribution in [3.05, 3.63) is 64.3 Å². The van der Waals surface area contributed by atoms with Crippen LogP contribution in [0.2, 0.25) is 0 Å². The second kappa shape index (κ2) is 6.78. The molecule has 1 aromatic carbocycles. The number of hydrogen-bond acceptors (Lipinski definition) is 6. The van der Waals surface area contributed by atoms with E-state index >= 15 is 0 Å². The Kier molecular flexibility index (Phi) is 4.33. The molecule has 0 N–H and O–H groups in total. The van der Waals surface area contributed by atoms with Crippen molar-refractivity contribution in [1.82, 2.24) is 9.88 Å². The van der Waals surface area contributed by atoms with Gasteiger partial charge < -0.3 is 9.64 Å². The van der Waals surface area contributed by atoms with E-state index in [0.29, 0.717) is 25.5 Å². The molecule has 0 amide bonds. The monoisotopic (exact) mass is 340 g/mol. The first-order valence-electron chi connectivity index (χ1n) is 8.46. The smallest absolute Gasteiger partial charge is 0.311 e. The van der Waals surface area contributed by atoms with E-state index in [4.69, 9.17) is 4.74 Å². The van der Waals surface area contributed by atoms with Crippen LogP contribution in [0.4, 0.5) is 11.5 Å². The highest BCUT2D eigenvalue weighted by Crippen LogP contribution is 2.32. The maximum Gasteiger partial charge on any atom is 0.311 e. The lowest BCUT2D eigenvalue weighted by Crippen LogP contribution is -2.50. The number of nitro groups is 1. The molecule has 2 atom stereocenters. The summed E-state index contributed by atoms with van der Waals surface area (Å²) in [5.74, 6) is 0.435. The van der Waals surface area contributed by atoms with E-state index in [-0.39, 0.29) is 22.8 Å². The van der Waals surface area contributed by atoms with Gasteiger partial charge in [-0.3, -0.25) is 15.0 Å². The molecule has 0 spiro atoms. The lowest BCUT2D eigenvalue weighted by molar-refractivity contribution is -0.384. The summed E-state index contributed by atoms with van der Waals surface area (Å²) in [7, 11) is 0. The van der Waals surface area contributed by atoms with Crippen molar-refractivity contribution in [2.45, 2.75) is 18.7 Å². The summed E-state index contributed by atoms with van der Waals surface area (Å²) < 4.78 is 5.94. The van der Waals surface area contributed by atoms with Gasteiger partial charge in [0, 0.05) is 38.4 Å². The van der Waals surface area contributed by atoms with Gasteiger partial charge in [-0.05, 0) is 11.6 Å². The fourth-order valence-electron chi connectivity index (χ4n) is 3.72. The average Bonchev–Trinajstić information content (AvgIpc) is 3.08. The van der Waals surface area contributed by atoms with E-state index < -0.39 is 0 Å². The molecule has 4 rings (SSSR count). The van der Waals surface area contributed by atoms with Crippen LogP contribution < -0.4 is 4.90 Å². The van der Waals surface area contributed by atoms with E-state index in [1.54, 1.807) is 12.3 Å². The minimum absolute atomic E-state index is 0.0516. The van der Waals surface area contributed by atoms with Gasteiger partial charge in [-0.2, -0.15) is 0 Å². The standard InChI is InChI=1S/C18H20N4O3/c23-22(24)15-7-4-8-19-18(15)21-12-16-17(13-21)25-10-9-20(16)11-14-5-2-1-3-6-14/h1-8,16-17H,9-13H2/t16-,17+/m1/s1. The predicted octanol–water partition coefficient (Wildman–Crippen LogP) is 2.08. The Bertz CT molecular complexity index is 755. The Hall–Kier alpha value is -2.51. The molecule has 2 aliphatic heterocycles. The minimum Gasteiger partial charge on any atom is -0.373 e. The molecule has 0 radical (unpaired) electrons. The molecular weight excluding hydrogens is 320 g/mol. The summed E-state index contributed by atoms with van der Waals surface area (Å²) in [5, 5.41) is 11.3. The van der Waals surface area contributed by atoms with Crippen molar-refractivity contribution in [1.29, 1.82) is 0 Å². The number of rotatable bonds is 4. The maximum absolute atomic E-state index is 11.3. The van der Waals surface area contributed by atoms with Crippen molar-refractivity contribution in [2.24, 2.45) is 0 Å². The van der Waals surface area contributed by atoms with Crippen LogP contribution in [0.15, 0.2) is 48.7 Å². The normalized spacial score (nSPS) is 23.4. The number of aromatic nitrogens is 1. The number of fused-ring (bicyclic) bond motifs is 1. The fraction of sp³-hybridized carbons (Fsp3) is 0.389. The number of pyridine rings is 1. The van der Waals surface area contributed by atoms with Gasteiger partial charge in [-0.15, -0.1) is 0 Å². The van der Waals surface area contributed by atoms with Crippen LogP contribution in [0.25, 0.3) is 0 Å². The molecule has 130 valence electrons. The number of morpholine rings is 1. The SMILES string of the molecule is O=[N+]([O-])c1cccnc1N1C[C@@H]2OCCN(Cc3ccccc3)[C@@H]2C1. The molecule has 7 heteroatoms. The highest BCUT2D eigenvalue weighted by Gasteiger charge is 2.42. The predicted molar refractivity (Wildman–Crippen MR) is 93.5 cm³/mol. The van der Waals surface area contributed by atoms with Crippen molar-refractivity contribution in [2.75, 3.05) is 31.1 Å². The van der Waals surface area contributed by atoms with Crippen LogP contribution in [0.5, 0.6) is 0 Å². The molecular formula is C18H20N4O3. The van der Waals surface area contributed by atoms with Gasteiger partial charge >= 0.3 is 5.69 Å². The second-order valence-corrected chi connectivity index (χ2v) is 6.44. The first-order valence-corrected chi connectivity index (χ1v) is 8.46. The number of nitrogens with zero attached hydrogens (tertiary/aromatic N) is 4. The highest BCUT2D eigenvalue weighted by molar-refractivity contribution is 5.58. The maximum atomic E-state index is 11.3. The van der Waals surface area contributed by atoms with Crippen LogP contribution in [0.3, 0.4) is 0 Å². The molecule has 25 heavy (non-hydrogen) atoms. The second-order valence-electron chi connectivity index (χ2n) is 6.44. The summed E-state index contributed by atoms with van der Waals surface area (Å²) in [6, 6.07) is 13.7. The van der Waals surface area contributed by atoms with Crippen molar-refractivity contribution >= 4 is 11.5 Å². The Labute approximate surface area is 146 Å². The average molecular weight is 340 g/mol. The molecule has 0 bridgehead atoms. The molecule has 2 saturated heterocycles. The van der Waals surface area contributed by atoms with Crippen molar-refractivity contribution in [3.63, 3.8) is 0 Å². The Balaban J connectivity index is 1.54. The molecule has 2 fully saturated rings. The Morgan fingerprint density at radius 2 is 2.04 bits per heavy atom. The van der Waals surface area contributed by atoms with E-state index in [0.717, 1.165) is 13.1 Å². The Morgan fingerprint density at radius 1 is 1.20 bits per heavy atom. The molecule has 3 heterocycles. The van der Waals surface area contributed by atoms with Crippen LogP contribution in [-0.4, -0.2) is 53.2 Å². The van der Waals surface area contributed by atoms with Crippen LogP contribution in [-0.2, 0) is 11.3 Å². The molecule has 2 aliphatic rings. The molecule has 1 aromatic heterocycles. The van der Waals surface area contributed by atoms with Gasteiger partial charge in [0.2, 0.25) is 5.82 Å². The molecule has 0 aliphatic carbocycles. The molecule has 2 aromatic rings. The van der Waals surface area contributed by atoms with E-state index in [1.165, 1.54) is 11.6 Å². The van der Waals surface area contributed by atoms with Crippen LogP contribution >= 0.6 is 0 Å². The van der Waals surface area contributed by atoms with E-state index in [2.05, 4.69) is 22.0 Å². The number of anilines is 1. The van der Waals surface area contributed by atoms with Gasteiger partial charge in [-0.25, -0.2) is 4.98 Å².